The van der Waals surface area contributed by atoms with Gasteiger partial charge in [-0.15, -0.1) is 0 Å². The minimum Gasteiger partial charge on any atom is -0.497 e. The Morgan fingerprint density at radius 2 is 2.11 bits per heavy atom. The first-order valence-corrected chi connectivity index (χ1v) is 7.03. The highest BCUT2D eigenvalue weighted by Crippen LogP contribution is 2.23. The van der Waals surface area contributed by atoms with E-state index in [1.54, 1.807) is 24.3 Å². The predicted octanol–water partition coefficient (Wildman–Crippen LogP) is 0.936. The predicted molar refractivity (Wildman–Crippen MR) is 67.4 cm³/mol. The van der Waals surface area contributed by atoms with E-state index in [0.717, 1.165) is 10.6 Å². The summed E-state index contributed by atoms with van der Waals surface area (Å²) in [5, 5.41) is 8.63. The van der Waals surface area contributed by atoms with Gasteiger partial charge in [0.2, 0.25) is 10.0 Å². The van der Waals surface area contributed by atoms with E-state index in [2.05, 4.69) is 0 Å². The highest BCUT2D eigenvalue weighted by molar-refractivity contribution is 7.92. The van der Waals surface area contributed by atoms with Crippen molar-refractivity contribution >= 4 is 21.7 Å². The topological polar surface area (TPSA) is 83.9 Å². The molecule has 0 spiro atoms. The van der Waals surface area contributed by atoms with E-state index in [4.69, 9.17) is 9.84 Å². The number of rotatable bonds is 6. The molecule has 1 aromatic carbocycles. The summed E-state index contributed by atoms with van der Waals surface area (Å²) in [6.45, 7) is -0.110. The van der Waals surface area contributed by atoms with Crippen LogP contribution >= 0.6 is 0 Å². The van der Waals surface area contributed by atoms with Crippen molar-refractivity contribution in [2.24, 2.45) is 0 Å². The number of benzene rings is 1. The smallest absolute Gasteiger partial charge is 0.305 e. The molecular formula is C11H15NO5S. The molecule has 0 atom stereocenters. The van der Waals surface area contributed by atoms with Crippen LogP contribution < -0.4 is 9.04 Å². The van der Waals surface area contributed by atoms with E-state index in [0.29, 0.717) is 11.4 Å². The normalized spacial score (nSPS) is 11.0. The number of hydrogen-bond acceptors (Lipinski definition) is 4. The number of sulfonamides is 1. The number of carbonyl (C=O) groups is 1. The van der Waals surface area contributed by atoms with Crippen LogP contribution in [0.1, 0.15) is 6.42 Å². The van der Waals surface area contributed by atoms with Crippen LogP contribution in [0.25, 0.3) is 0 Å². The Hall–Kier alpha value is -1.76. The molecule has 0 radical (unpaired) electrons. The maximum Gasteiger partial charge on any atom is 0.305 e. The number of methoxy groups -OCH3 is 1. The Kier molecular flexibility index (Phi) is 4.55. The molecule has 18 heavy (non-hydrogen) atoms. The second-order valence-electron chi connectivity index (χ2n) is 3.68. The molecular weight excluding hydrogens is 258 g/mol. The molecule has 0 bridgehead atoms. The van der Waals surface area contributed by atoms with Gasteiger partial charge < -0.3 is 9.84 Å². The quantitative estimate of drug-likeness (QED) is 0.833. The molecule has 6 nitrogen and oxygen atoms in total. The number of hydrogen-bond donors (Lipinski definition) is 1. The summed E-state index contributed by atoms with van der Waals surface area (Å²) in [5.74, 6) is -0.539. The Balaban J connectivity index is 3.05. The van der Waals surface area contributed by atoms with Gasteiger partial charge in [-0.25, -0.2) is 8.42 Å². The number of carboxylic acid groups (broad SMARTS) is 1. The first-order chi connectivity index (χ1) is 8.34. The second-order valence-corrected chi connectivity index (χ2v) is 5.59. The molecule has 1 aromatic rings. The molecule has 0 aliphatic rings. The average molecular weight is 273 g/mol. The highest BCUT2D eigenvalue weighted by Gasteiger charge is 2.18. The van der Waals surface area contributed by atoms with Crippen LogP contribution in [-0.2, 0) is 14.8 Å². The minimum absolute atomic E-state index is 0.110. The molecule has 0 aromatic heterocycles. The summed E-state index contributed by atoms with van der Waals surface area (Å²) in [7, 11) is -2.05. The van der Waals surface area contributed by atoms with Crippen LogP contribution in [0.3, 0.4) is 0 Å². The van der Waals surface area contributed by atoms with Crippen molar-refractivity contribution in [1.82, 2.24) is 0 Å². The molecule has 0 saturated carbocycles. The molecule has 0 saturated heterocycles. The molecule has 0 unspecified atom stereocenters. The lowest BCUT2D eigenvalue weighted by Crippen LogP contribution is -2.32. The molecule has 0 amide bonds. The van der Waals surface area contributed by atoms with Gasteiger partial charge in [-0.1, -0.05) is 6.07 Å². The van der Waals surface area contributed by atoms with Crippen LogP contribution in [0.5, 0.6) is 5.75 Å². The van der Waals surface area contributed by atoms with Gasteiger partial charge in [0.1, 0.15) is 5.75 Å². The molecule has 1 N–H and O–H groups in total. The first kappa shape index (κ1) is 14.3. The molecule has 0 aliphatic heterocycles. The number of ether oxygens (including phenoxy) is 1. The number of anilines is 1. The molecule has 1 rings (SSSR count). The Bertz CT molecular complexity index is 526. The Morgan fingerprint density at radius 1 is 1.44 bits per heavy atom. The lowest BCUT2D eigenvalue weighted by molar-refractivity contribution is -0.136. The highest BCUT2D eigenvalue weighted by atomic mass is 32.2. The maximum absolute atomic E-state index is 11.6. The van der Waals surface area contributed by atoms with Crippen LogP contribution in [0.4, 0.5) is 5.69 Å². The zero-order valence-electron chi connectivity index (χ0n) is 10.2. The van der Waals surface area contributed by atoms with E-state index < -0.39 is 16.0 Å². The minimum atomic E-state index is -3.52. The molecule has 0 fully saturated rings. The van der Waals surface area contributed by atoms with Crippen molar-refractivity contribution in [3.05, 3.63) is 24.3 Å². The fourth-order valence-electron chi connectivity index (χ4n) is 1.45. The first-order valence-electron chi connectivity index (χ1n) is 5.18. The summed E-state index contributed by atoms with van der Waals surface area (Å²) in [6, 6.07) is 6.46. The van der Waals surface area contributed by atoms with Gasteiger partial charge in [0.05, 0.1) is 25.5 Å². The van der Waals surface area contributed by atoms with Gasteiger partial charge in [-0.2, -0.15) is 0 Å². The van der Waals surface area contributed by atoms with Crippen LogP contribution in [0, 0.1) is 0 Å². The standard InChI is InChI=1S/C11H15NO5S/c1-17-10-5-3-4-9(8-10)12(18(2,15)16)7-6-11(13)14/h3-5,8H,6-7H2,1-2H3,(H,13,14). The molecule has 0 aliphatic carbocycles. The van der Waals surface area contributed by atoms with Crippen molar-refractivity contribution in [2.45, 2.75) is 6.42 Å². The summed E-state index contributed by atoms with van der Waals surface area (Å²) in [4.78, 5) is 10.5. The van der Waals surface area contributed by atoms with Gasteiger partial charge >= 0.3 is 5.97 Å². The fourth-order valence-corrected chi connectivity index (χ4v) is 2.37. The van der Waals surface area contributed by atoms with Gasteiger partial charge in [0.15, 0.2) is 0 Å². The number of nitrogens with zero attached hydrogens (tertiary/aromatic N) is 1. The molecule has 100 valence electrons. The van der Waals surface area contributed by atoms with E-state index in [9.17, 15) is 13.2 Å². The van der Waals surface area contributed by atoms with Crippen molar-refractivity contribution in [2.75, 3.05) is 24.2 Å². The molecule has 7 heteroatoms. The Morgan fingerprint density at radius 3 is 2.61 bits per heavy atom. The molecule has 0 heterocycles. The van der Waals surface area contributed by atoms with Gasteiger partial charge in [-0.05, 0) is 12.1 Å². The van der Waals surface area contributed by atoms with Crippen molar-refractivity contribution < 1.29 is 23.1 Å². The third kappa shape index (κ3) is 3.92. The third-order valence-electron chi connectivity index (χ3n) is 2.27. The SMILES string of the molecule is COc1cccc(N(CCC(=O)O)S(C)(=O)=O)c1. The summed E-state index contributed by atoms with van der Waals surface area (Å²) in [6.07, 6.45) is 0.776. The van der Waals surface area contributed by atoms with Crippen LogP contribution in [0.15, 0.2) is 24.3 Å². The maximum atomic E-state index is 11.6. The van der Waals surface area contributed by atoms with Crippen LogP contribution in [-0.4, -0.2) is 39.4 Å². The lowest BCUT2D eigenvalue weighted by Gasteiger charge is -2.21. The third-order valence-corrected chi connectivity index (χ3v) is 3.46. The van der Waals surface area contributed by atoms with E-state index in [1.807, 2.05) is 0 Å². The van der Waals surface area contributed by atoms with E-state index in [-0.39, 0.29) is 13.0 Å². The Labute approximate surface area is 106 Å². The average Bonchev–Trinajstić information content (AvgIpc) is 2.27. The second kappa shape index (κ2) is 5.72. The monoisotopic (exact) mass is 273 g/mol. The van der Waals surface area contributed by atoms with Crippen molar-refractivity contribution in [3.8, 4) is 5.75 Å². The zero-order chi connectivity index (χ0) is 13.8. The van der Waals surface area contributed by atoms with Gasteiger partial charge in [0.25, 0.3) is 0 Å². The summed E-state index contributed by atoms with van der Waals surface area (Å²) >= 11 is 0. The fraction of sp³-hybridized carbons (Fsp3) is 0.364. The van der Waals surface area contributed by atoms with E-state index in [1.165, 1.54) is 7.11 Å². The zero-order valence-corrected chi connectivity index (χ0v) is 11.0. The largest absolute Gasteiger partial charge is 0.497 e. The summed E-state index contributed by atoms with van der Waals surface area (Å²) < 4.78 is 29.3. The van der Waals surface area contributed by atoms with E-state index >= 15 is 0 Å². The van der Waals surface area contributed by atoms with Crippen molar-refractivity contribution in [1.29, 1.82) is 0 Å². The van der Waals surface area contributed by atoms with Crippen molar-refractivity contribution in [3.63, 3.8) is 0 Å². The van der Waals surface area contributed by atoms with Gasteiger partial charge in [0, 0.05) is 12.6 Å². The van der Waals surface area contributed by atoms with Gasteiger partial charge in [-0.3, -0.25) is 9.10 Å². The summed E-state index contributed by atoms with van der Waals surface area (Å²) in [5.41, 5.74) is 0.387. The van der Waals surface area contributed by atoms with Crippen LogP contribution in [0.2, 0.25) is 0 Å². The lowest BCUT2D eigenvalue weighted by atomic mass is 10.3. The number of carboxylic acids is 1. The number of aliphatic carboxylic acids is 1.